The van der Waals surface area contributed by atoms with Crippen molar-refractivity contribution in [1.82, 2.24) is 10.6 Å². The molecule has 1 saturated carbocycles. The topological polar surface area (TPSA) is 84.2 Å². The lowest BCUT2D eigenvalue weighted by atomic mass is 9.95. The van der Waals surface area contributed by atoms with Crippen molar-refractivity contribution in [1.29, 1.82) is 0 Å². The standard InChI is InChI=1S/C14H21N3O2S/c1-9(16-13(19)11-4-3-7-20-11)12(18)17-14(2,8-15)10-5-6-10/h3-4,7,9-10H,5-6,8,15H2,1-2H3,(H,16,19)(H,17,18). The number of hydrogen-bond acceptors (Lipinski definition) is 4. The van der Waals surface area contributed by atoms with Gasteiger partial charge in [0.1, 0.15) is 6.04 Å². The smallest absolute Gasteiger partial charge is 0.261 e. The van der Waals surface area contributed by atoms with E-state index in [-0.39, 0.29) is 17.4 Å². The van der Waals surface area contributed by atoms with Gasteiger partial charge in [-0.1, -0.05) is 6.07 Å². The van der Waals surface area contributed by atoms with Crippen molar-refractivity contribution in [2.75, 3.05) is 6.54 Å². The largest absolute Gasteiger partial charge is 0.348 e. The first-order valence-corrected chi connectivity index (χ1v) is 7.70. The molecule has 6 heteroatoms. The molecule has 2 atom stereocenters. The molecule has 0 radical (unpaired) electrons. The SMILES string of the molecule is CC(NC(=O)c1cccs1)C(=O)NC(C)(CN)C1CC1. The summed E-state index contributed by atoms with van der Waals surface area (Å²) in [7, 11) is 0. The fourth-order valence-corrected chi connectivity index (χ4v) is 2.80. The van der Waals surface area contributed by atoms with Gasteiger partial charge in [-0.15, -0.1) is 11.3 Å². The van der Waals surface area contributed by atoms with Crippen molar-refractivity contribution in [2.45, 2.75) is 38.3 Å². The van der Waals surface area contributed by atoms with Crippen LogP contribution in [0.1, 0.15) is 36.4 Å². The number of amides is 2. The summed E-state index contributed by atoms with van der Waals surface area (Å²) in [6.45, 7) is 4.07. The maximum atomic E-state index is 12.2. The molecular weight excluding hydrogens is 274 g/mol. The van der Waals surface area contributed by atoms with Gasteiger partial charge in [-0.25, -0.2) is 0 Å². The minimum Gasteiger partial charge on any atom is -0.348 e. The maximum Gasteiger partial charge on any atom is 0.261 e. The Balaban J connectivity index is 1.90. The highest BCUT2D eigenvalue weighted by Crippen LogP contribution is 2.38. The fraction of sp³-hybridized carbons (Fsp3) is 0.571. The predicted molar refractivity (Wildman–Crippen MR) is 79.6 cm³/mol. The number of nitrogens with two attached hydrogens (primary N) is 1. The minimum atomic E-state index is -0.575. The van der Waals surface area contributed by atoms with E-state index in [2.05, 4.69) is 10.6 Å². The maximum absolute atomic E-state index is 12.2. The van der Waals surface area contributed by atoms with Crippen LogP contribution in [0.15, 0.2) is 17.5 Å². The van der Waals surface area contributed by atoms with Crippen LogP contribution >= 0.6 is 11.3 Å². The van der Waals surface area contributed by atoms with Gasteiger partial charge in [-0.3, -0.25) is 9.59 Å². The Morgan fingerprint density at radius 2 is 2.25 bits per heavy atom. The summed E-state index contributed by atoms with van der Waals surface area (Å²) in [6.07, 6.45) is 2.20. The molecule has 1 aliphatic carbocycles. The molecule has 1 aromatic rings. The third-order valence-corrected chi connectivity index (χ3v) is 4.67. The highest BCUT2D eigenvalue weighted by atomic mass is 32.1. The third-order valence-electron chi connectivity index (χ3n) is 3.80. The summed E-state index contributed by atoms with van der Waals surface area (Å²) in [5.74, 6) is 0.0509. The first kappa shape index (κ1) is 15.0. The Bertz CT molecular complexity index is 485. The van der Waals surface area contributed by atoms with Gasteiger partial charge >= 0.3 is 0 Å². The molecule has 110 valence electrons. The molecule has 2 rings (SSSR count). The first-order chi connectivity index (χ1) is 9.46. The number of rotatable bonds is 6. The molecule has 5 nitrogen and oxygen atoms in total. The Hall–Kier alpha value is -1.40. The van der Waals surface area contributed by atoms with Crippen molar-refractivity contribution in [3.63, 3.8) is 0 Å². The molecule has 0 saturated heterocycles. The zero-order chi connectivity index (χ0) is 14.8. The molecule has 1 aromatic heterocycles. The van der Waals surface area contributed by atoms with Crippen LogP contribution in [0.5, 0.6) is 0 Å². The molecule has 1 fully saturated rings. The summed E-state index contributed by atoms with van der Waals surface area (Å²) in [5, 5.41) is 7.52. The van der Waals surface area contributed by atoms with Gasteiger partial charge in [-0.05, 0) is 44.1 Å². The van der Waals surface area contributed by atoms with E-state index in [1.807, 2.05) is 18.4 Å². The van der Waals surface area contributed by atoms with Crippen molar-refractivity contribution in [3.8, 4) is 0 Å². The van der Waals surface area contributed by atoms with Crippen LogP contribution in [0.4, 0.5) is 0 Å². The second-order valence-electron chi connectivity index (χ2n) is 5.56. The van der Waals surface area contributed by atoms with Crippen LogP contribution in [-0.2, 0) is 4.79 Å². The fourth-order valence-electron chi connectivity index (χ4n) is 2.17. The highest BCUT2D eigenvalue weighted by Gasteiger charge is 2.42. The number of thiophene rings is 1. The Kier molecular flexibility index (Phi) is 4.45. The molecule has 1 heterocycles. The van der Waals surface area contributed by atoms with E-state index in [9.17, 15) is 9.59 Å². The van der Waals surface area contributed by atoms with Gasteiger partial charge in [-0.2, -0.15) is 0 Å². The average Bonchev–Trinajstić information content (AvgIpc) is 3.14. The van der Waals surface area contributed by atoms with Gasteiger partial charge < -0.3 is 16.4 Å². The lowest BCUT2D eigenvalue weighted by molar-refractivity contribution is -0.124. The van der Waals surface area contributed by atoms with Crippen molar-refractivity contribution < 1.29 is 9.59 Å². The van der Waals surface area contributed by atoms with Gasteiger partial charge in [0, 0.05) is 6.54 Å². The zero-order valence-electron chi connectivity index (χ0n) is 11.8. The predicted octanol–water partition coefficient (Wildman–Crippen LogP) is 1.11. The quantitative estimate of drug-likeness (QED) is 0.735. The molecule has 20 heavy (non-hydrogen) atoms. The second kappa shape index (κ2) is 5.93. The zero-order valence-corrected chi connectivity index (χ0v) is 12.6. The first-order valence-electron chi connectivity index (χ1n) is 6.83. The van der Waals surface area contributed by atoms with Crippen LogP contribution in [0, 0.1) is 5.92 Å². The van der Waals surface area contributed by atoms with Crippen molar-refractivity contribution in [3.05, 3.63) is 22.4 Å². The highest BCUT2D eigenvalue weighted by molar-refractivity contribution is 7.12. The second-order valence-corrected chi connectivity index (χ2v) is 6.51. The van der Waals surface area contributed by atoms with E-state index in [1.54, 1.807) is 13.0 Å². The summed E-state index contributed by atoms with van der Waals surface area (Å²) < 4.78 is 0. The van der Waals surface area contributed by atoms with E-state index in [0.717, 1.165) is 12.8 Å². The van der Waals surface area contributed by atoms with Gasteiger partial charge in [0.2, 0.25) is 5.91 Å². The van der Waals surface area contributed by atoms with Crippen LogP contribution in [0.25, 0.3) is 0 Å². The van der Waals surface area contributed by atoms with Crippen LogP contribution < -0.4 is 16.4 Å². The van der Waals surface area contributed by atoms with Gasteiger partial charge in [0.25, 0.3) is 5.91 Å². The lowest BCUT2D eigenvalue weighted by Gasteiger charge is -2.31. The Morgan fingerprint density at radius 3 is 2.75 bits per heavy atom. The molecule has 1 aliphatic rings. The van der Waals surface area contributed by atoms with Crippen molar-refractivity contribution >= 4 is 23.2 Å². The van der Waals surface area contributed by atoms with Crippen LogP contribution in [0.2, 0.25) is 0 Å². The van der Waals surface area contributed by atoms with Gasteiger partial charge in [0.05, 0.1) is 10.4 Å². The number of carbonyl (C=O) groups excluding carboxylic acids is 2. The van der Waals surface area contributed by atoms with E-state index >= 15 is 0 Å². The van der Waals surface area contributed by atoms with Crippen molar-refractivity contribution in [2.24, 2.45) is 11.7 Å². The molecule has 0 bridgehead atoms. The van der Waals surface area contributed by atoms with E-state index in [0.29, 0.717) is 17.3 Å². The summed E-state index contributed by atoms with van der Waals surface area (Å²) in [4.78, 5) is 24.7. The molecule has 2 amide bonds. The molecule has 0 aromatic carbocycles. The van der Waals surface area contributed by atoms with Gasteiger partial charge in [0.15, 0.2) is 0 Å². The third kappa shape index (κ3) is 3.37. The number of nitrogens with one attached hydrogen (secondary N) is 2. The molecule has 2 unspecified atom stereocenters. The normalized spacial score (nSPS) is 18.9. The van der Waals surface area contributed by atoms with E-state index in [4.69, 9.17) is 5.73 Å². The minimum absolute atomic E-state index is 0.185. The summed E-state index contributed by atoms with van der Waals surface area (Å²) in [6, 6.07) is 2.97. The van der Waals surface area contributed by atoms with Crippen LogP contribution in [-0.4, -0.2) is 29.9 Å². The molecule has 0 aliphatic heterocycles. The molecule has 0 spiro atoms. The lowest BCUT2D eigenvalue weighted by Crippen LogP contribution is -2.57. The summed E-state index contributed by atoms with van der Waals surface area (Å²) in [5.41, 5.74) is 5.41. The molecule has 4 N–H and O–H groups in total. The van der Waals surface area contributed by atoms with E-state index in [1.165, 1.54) is 11.3 Å². The molecular formula is C14H21N3O2S. The monoisotopic (exact) mass is 295 g/mol. The Labute approximate surface area is 122 Å². The number of hydrogen-bond donors (Lipinski definition) is 3. The van der Waals surface area contributed by atoms with E-state index < -0.39 is 6.04 Å². The Morgan fingerprint density at radius 1 is 1.55 bits per heavy atom. The average molecular weight is 295 g/mol. The summed E-state index contributed by atoms with van der Waals surface area (Å²) >= 11 is 1.35. The number of carbonyl (C=O) groups is 2. The van der Waals surface area contributed by atoms with Crippen LogP contribution in [0.3, 0.4) is 0 Å².